The summed E-state index contributed by atoms with van der Waals surface area (Å²) in [5.41, 5.74) is 6.21. The van der Waals surface area contributed by atoms with Crippen molar-refractivity contribution in [3.63, 3.8) is 0 Å². The Hall–Kier alpha value is -1.92. The molecular formula is C15H21N3O3. The molecule has 1 heterocycles. The predicted octanol–water partition coefficient (Wildman–Crippen LogP) is -0.167. The molecule has 2 N–H and O–H groups in total. The normalized spacial score (nSPS) is 15.9. The molecule has 0 aromatic heterocycles. The van der Waals surface area contributed by atoms with Crippen molar-refractivity contribution in [1.29, 1.82) is 0 Å². The fourth-order valence-electron chi connectivity index (χ4n) is 2.30. The fraction of sp³-hybridized carbons (Fsp3) is 0.467. The first-order valence-corrected chi connectivity index (χ1v) is 7.05. The topological polar surface area (TPSA) is 75.9 Å². The summed E-state index contributed by atoms with van der Waals surface area (Å²) in [5, 5.41) is 0. The van der Waals surface area contributed by atoms with Crippen molar-refractivity contribution in [2.24, 2.45) is 5.73 Å². The van der Waals surface area contributed by atoms with Crippen molar-refractivity contribution in [2.45, 2.75) is 6.61 Å². The third kappa shape index (κ3) is 5.17. The van der Waals surface area contributed by atoms with Gasteiger partial charge >= 0.3 is 0 Å². The highest BCUT2D eigenvalue weighted by Crippen LogP contribution is 2.04. The second kappa shape index (κ2) is 7.75. The van der Waals surface area contributed by atoms with E-state index in [1.165, 1.54) is 0 Å². The van der Waals surface area contributed by atoms with Crippen molar-refractivity contribution in [3.8, 4) is 0 Å². The van der Waals surface area contributed by atoms with Crippen molar-refractivity contribution >= 4 is 11.8 Å². The molecule has 0 saturated carbocycles. The summed E-state index contributed by atoms with van der Waals surface area (Å²) in [7, 11) is 0. The summed E-state index contributed by atoms with van der Waals surface area (Å²) in [5.74, 6) is -0.342. The number of amides is 2. The van der Waals surface area contributed by atoms with Gasteiger partial charge in [0.25, 0.3) is 0 Å². The van der Waals surface area contributed by atoms with Crippen LogP contribution in [0.25, 0.3) is 0 Å². The van der Waals surface area contributed by atoms with Crippen LogP contribution in [0.2, 0.25) is 0 Å². The van der Waals surface area contributed by atoms with Gasteiger partial charge in [-0.05, 0) is 5.56 Å². The molecule has 1 aromatic carbocycles. The standard InChI is InChI=1S/C15H21N3O3/c16-14(19)10-17-6-8-18(9-7-17)15(20)12-21-11-13-4-2-1-3-5-13/h1-5H,6-12H2,(H2,16,19). The second-order valence-electron chi connectivity index (χ2n) is 5.10. The van der Waals surface area contributed by atoms with Gasteiger partial charge in [-0.25, -0.2) is 0 Å². The van der Waals surface area contributed by atoms with Crippen molar-refractivity contribution < 1.29 is 14.3 Å². The summed E-state index contributed by atoms with van der Waals surface area (Å²) >= 11 is 0. The number of primary amides is 1. The zero-order valence-corrected chi connectivity index (χ0v) is 12.0. The summed E-state index contributed by atoms with van der Waals surface area (Å²) < 4.78 is 5.45. The molecule has 6 heteroatoms. The lowest BCUT2D eigenvalue weighted by molar-refractivity contribution is -0.138. The molecule has 6 nitrogen and oxygen atoms in total. The Morgan fingerprint density at radius 2 is 1.76 bits per heavy atom. The molecule has 21 heavy (non-hydrogen) atoms. The Kier molecular flexibility index (Phi) is 5.71. The molecule has 2 amide bonds. The molecule has 1 aliphatic heterocycles. The average molecular weight is 291 g/mol. The monoisotopic (exact) mass is 291 g/mol. The van der Waals surface area contributed by atoms with Gasteiger partial charge in [-0.2, -0.15) is 0 Å². The molecule has 1 fully saturated rings. The maximum atomic E-state index is 12.0. The average Bonchev–Trinajstić information content (AvgIpc) is 2.48. The number of carbonyl (C=O) groups excluding carboxylic acids is 2. The van der Waals surface area contributed by atoms with E-state index in [0.717, 1.165) is 5.56 Å². The first kappa shape index (κ1) is 15.5. The number of nitrogens with zero attached hydrogens (tertiary/aromatic N) is 2. The van der Waals surface area contributed by atoms with E-state index >= 15 is 0 Å². The van der Waals surface area contributed by atoms with Crippen LogP contribution in [-0.4, -0.2) is 60.9 Å². The Morgan fingerprint density at radius 1 is 1.10 bits per heavy atom. The summed E-state index contributed by atoms with van der Waals surface area (Å²) in [6.07, 6.45) is 0. The smallest absolute Gasteiger partial charge is 0.248 e. The molecule has 114 valence electrons. The van der Waals surface area contributed by atoms with Crippen LogP contribution in [0.3, 0.4) is 0 Å². The van der Waals surface area contributed by atoms with Gasteiger partial charge in [0.05, 0.1) is 13.2 Å². The third-order valence-electron chi connectivity index (χ3n) is 3.44. The van der Waals surface area contributed by atoms with Crippen molar-refractivity contribution in [3.05, 3.63) is 35.9 Å². The number of piperazine rings is 1. The van der Waals surface area contributed by atoms with Crippen molar-refractivity contribution in [2.75, 3.05) is 39.3 Å². The number of rotatable bonds is 6. The van der Waals surface area contributed by atoms with Gasteiger partial charge in [-0.1, -0.05) is 30.3 Å². The minimum absolute atomic E-state index is 0.00958. The van der Waals surface area contributed by atoms with Gasteiger partial charge in [0.1, 0.15) is 6.61 Å². The van der Waals surface area contributed by atoms with Gasteiger partial charge in [-0.15, -0.1) is 0 Å². The van der Waals surface area contributed by atoms with Crippen LogP contribution in [0.1, 0.15) is 5.56 Å². The van der Waals surface area contributed by atoms with E-state index in [0.29, 0.717) is 32.8 Å². The summed E-state index contributed by atoms with van der Waals surface area (Å²) in [6.45, 7) is 3.35. The molecule has 0 atom stereocenters. The summed E-state index contributed by atoms with van der Waals surface area (Å²) in [4.78, 5) is 26.6. The van der Waals surface area contributed by atoms with Crippen LogP contribution in [0.5, 0.6) is 0 Å². The zero-order chi connectivity index (χ0) is 15.1. The molecular weight excluding hydrogens is 270 g/mol. The largest absolute Gasteiger partial charge is 0.369 e. The van der Waals surface area contributed by atoms with Gasteiger partial charge < -0.3 is 15.4 Å². The van der Waals surface area contributed by atoms with Crippen molar-refractivity contribution in [1.82, 2.24) is 9.80 Å². The van der Waals surface area contributed by atoms with E-state index < -0.39 is 0 Å². The van der Waals surface area contributed by atoms with E-state index in [1.807, 2.05) is 35.2 Å². The van der Waals surface area contributed by atoms with Gasteiger partial charge in [0.2, 0.25) is 11.8 Å². The third-order valence-corrected chi connectivity index (χ3v) is 3.44. The van der Waals surface area contributed by atoms with E-state index in [9.17, 15) is 9.59 Å². The number of benzene rings is 1. The number of carbonyl (C=O) groups is 2. The highest BCUT2D eigenvalue weighted by Gasteiger charge is 2.21. The first-order valence-electron chi connectivity index (χ1n) is 7.05. The SMILES string of the molecule is NC(=O)CN1CCN(C(=O)COCc2ccccc2)CC1. The van der Waals surface area contributed by atoms with Gasteiger partial charge in [0.15, 0.2) is 0 Å². The van der Waals surface area contributed by atoms with E-state index in [1.54, 1.807) is 4.90 Å². The minimum atomic E-state index is -0.332. The lowest BCUT2D eigenvalue weighted by Crippen LogP contribution is -2.51. The van der Waals surface area contributed by atoms with E-state index in [-0.39, 0.29) is 25.0 Å². The highest BCUT2D eigenvalue weighted by molar-refractivity contribution is 5.78. The molecule has 1 aliphatic rings. The van der Waals surface area contributed by atoms with Crippen LogP contribution >= 0.6 is 0 Å². The molecule has 0 bridgehead atoms. The fourth-order valence-corrected chi connectivity index (χ4v) is 2.30. The molecule has 0 spiro atoms. The van der Waals surface area contributed by atoms with Crippen LogP contribution in [0.4, 0.5) is 0 Å². The van der Waals surface area contributed by atoms with Crippen LogP contribution < -0.4 is 5.73 Å². The second-order valence-corrected chi connectivity index (χ2v) is 5.10. The number of ether oxygens (including phenoxy) is 1. The highest BCUT2D eigenvalue weighted by atomic mass is 16.5. The molecule has 2 rings (SSSR count). The number of hydrogen-bond acceptors (Lipinski definition) is 4. The van der Waals surface area contributed by atoms with Gasteiger partial charge in [0, 0.05) is 26.2 Å². The molecule has 1 saturated heterocycles. The molecule has 0 aliphatic carbocycles. The number of hydrogen-bond donors (Lipinski definition) is 1. The Labute approximate surface area is 124 Å². The minimum Gasteiger partial charge on any atom is -0.369 e. The molecule has 1 aromatic rings. The Bertz CT molecular complexity index is 470. The maximum Gasteiger partial charge on any atom is 0.248 e. The van der Waals surface area contributed by atoms with E-state index in [4.69, 9.17) is 10.5 Å². The first-order chi connectivity index (χ1) is 10.1. The van der Waals surface area contributed by atoms with Crippen LogP contribution in [0, 0.1) is 0 Å². The quantitative estimate of drug-likeness (QED) is 0.790. The Balaban J connectivity index is 1.67. The van der Waals surface area contributed by atoms with Crippen LogP contribution in [-0.2, 0) is 20.9 Å². The number of nitrogens with two attached hydrogens (primary N) is 1. The molecule has 0 radical (unpaired) electrons. The zero-order valence-electron chi connectivity index (χ0n) is 12.0. The van der Waals surface area contributed by atoms with Gasteiger partial charge in [-0.3, -0.25) is 14.5 Å². The van der Waals surface area contributed by atoms with Crippen LogP contribution in [0.15, 0.2) is 30.3 Å². The molecule has 0 unspecified atom stereocenters. The predicted molar refractivity (Wildman–Crippen MR) is 78.3 cm³/mol. The lowest BCUT2D eigenvalue weighted by Gasteiger charge is -2.33. The summed E-state index contributed by atoms with van der Waals surface area (Å²) in [6, 6.07) is 9.76. The van der Waals surface area contributed by atoms with E-state index in [2.05, 4.69) is 0 Å². The maximum absolute atomic E-state index is 12.0. The Morgan fingerprint density at radius 3 is 2.38 bits per heavy atom. The lowest BCUT2D eigenvalue weighted by atomic mass is 10.2.